The number of ether oxygens (including phenoxy) is 28. The Morgan fingerprint density at radius 3 is 0.830 bits per heavy atom. The summed E-state index contributed by atoms with van der Waals surface area (Å²) in [6.07, 6.45) is -0.0524. The summed E-state index contributed by atoms with van der Waals surface area (Å²) in [5, 5.41) is 29.1. The molecule has 3 aromatic rings. The van der Waals surface area contributed by atoms with Crippen LogP contribution in [0.1, 0.15) is 141 Å². The maximum atomic E-state index is 14.1. The Morgan fingerprint density at radius 2 is 0.563 bits per heavy atom. The summed E-state index contributed by atoms with van der Waals surface area (Å²) in [7, 11) is 0. The van der Waals surface area contributed by atoms with E-state index in [1.807, 2.05) is 125 Å². The maximum Gasteiger partial charge on any atom is 0.320 e. The molecule has 0 atom stereocenters. The van der Waals surface area contributed by atoms with E-state index in [4.69, 9.17) is 133 Å². The molecule has 4 rings (SSSR count). The van der Waals surface area contributed by atoms with Crippen LogP contribution in [-0.2, 0) is 156 Å². The van der Waals surface area contributed by atoms with Gasteiger partial charge in [-0.15, -0.1) is 0 Å². The second kappa shape index (κ2) is 69.0. The summed E-state index contributed by atoms with van der Waals surface area (Å²) >= 11 is 0. The largest absolute Gasteiger partial charge is 0.617 e. The van der Waals surface area contributed by atoms with Crippen molar-refractivity contribution in [1.82, 2.24) is 14.7 Å². The number of nitrogens with zero attached hydrogens (tertiary/aromatic N) is 3. The number of carbonyl (C=O) groups is 5. The molecule has 39 nitrogen and oxygen atoms in total. The van der Waals surface area contributed by atoms with Crippen molar-refractivity contribution in [3.63, 3.8) is 0 Å². The number of hydrogen-bond acceptors (Lipinski definition) is 36. The van der Waals surface area contributed by atoms with Crippen molar-refractivity contribution in [3.8, 4) is 46.0 Å². The number of carboxylic acids is 3. The van der Waals surface area contributed by atoms with Crippen molar-refractivity contribution >= 4 is 29.8 Å². The summed E-state index contributed by atoms with van der Waals surface area (Å²) in [6.45, 7) is 41.1. The summed E-state index contributed by atoms with van der Waals surface area (Å²) in [5.74, 6) is -3.44. The predicted octanol–water partition coefficient (Wildman–Crippen LogP) is 9.45. The van der Waals surface area contributed by atoms with E-state index >= 15 is 0 Å². The van der Waals surface area contributed by atoms with Gasteiger partial charge in [-0.1, -0.05) is 12.8 Å². The van der Waals surface area contributed by atoms with Crippen LogP contribution in [-0.4, -0.2) is 384 Å². The van der Waals surface area contributed by atoms with E-state index in [0.29, 0.717) is 136 Å². The Balaban J connectivity index is 0.0000469. The van der Waals surface area contributed by atoms with E-state index in [1.165, 1.54) is 9.80 Å². The molecule has 0 bridgehead atoms. The summed E-state index contributed by atoms with van der Waals surface area (Å²) < 4.78 is 169. The fourth-order valence-electron chi connectivity index (χ4n) is 11.6. The van der Waals surface area contributed by atoms with Crippen LogP contribution in [0.4, 0.5) is 0 Å². The zero-order valence-electron chi connectivity index (χ0n) is 83.3. The number of benzene rings is 3. The standard InChI is InChI=1S/C95H158N3O36.Mn/c1-90(2,3)128-51-39-113-27-21-107-33-45-119-78-59-74(60-79(120-46-34-108-22-28-114-40-52-129-91(4,5)6)88(78)123-49-37-111-25-31-117-43-55-132-94(13,14)15)70-125-76-57-73(72-127-86(105)68-96(65-83(99)100)19-20-98-69-87(106)134-82(98)64-97(66-84(101)102)67-85(103)104)58-77(63-76)126-71-75-61-80(121-47-35-109-23-29-115-41-53-130-92(7,8)9)89(124-50-38-112-26-32-118-44-56-133-95(16,17)18)81(62-75)122-48-36-110-24-30-116-42-54-131-93(10,11)12;/h57-63H,19-56,64-72H2,1-18H3,(H,99,100)(H,101,102)(H,103,104);/q-1;. The molecule has 1 aliphatic heterocycles. The first-order valence-corrected chi connectivity index (χ1v) is 45.9. The van der Waals surface area contributed by atoms with Gasteiger partial charge in [-0.3, -0.25) is 28.9 Å². The second-order valence-electron chi connectivity index (χ2n) is 36.4. The number of carbonyl (C=O) groups excluding carboxylic acids is 2. The van der Waals surface area contributed by atoms with Gasteiger partial charge in [-0.2, -0.15) is 0 Å². The Labute approximate surface area is 809 Å². The average molecular weight is 1970 g/mol. The molecule has 0 amide bonds. The number of rotatable bonds is 81. The molecule has 1 aliphatic rings. The van der Waals surface area contributed by atoms with Crippen LogP contribution in [0.25, 0.3) is 0 Å². The van der Waals surface area contributed by atoms with Crippen LogP contribution in [0, 0.1) is 6.23 Å². The fourth-order valence-corrected chi connectivity index (χ4v) is 11.6. The minimum atomic E-state index is -1.32. The average Bonchev–Trinajstić information content (AvgIpc) is 1.51. The molecule has 135 heavy (non-hydrogen) atoms. The van der Waals surface area contributed by atoms with E-state index in [1.54, 1.807) is 42.5 Å². The topological polar surface area (TPSA) is 414 Å². The Kier molecular flexibility index (Phi) is 62.5. The summed E-state index contributed by atoms with van der Waals surface area (Å²) in [5.41, 5.74) is -0.417. The van der Waals surface area contributed by atoms with Crippen LogP contribution in [0.5, 0.6) is 46.0 Å². The SMILES string of the molecule is CC(C)(C)OCCOCCOCCOc1cc(COc2cc(COC(=O)CN(CCN3CC(=O)O[C-]3CN(CC(=O)O)CC(=O)O)CC(=O)O)cc(OCc3cc(OCCOCCOCCOC(C)(C)C)c(OCCOCCOCCOC(C)(C)C)c(OCCOCCOCCOC(C)(C)C)c3)c2)cc(OCCOCCOCCOC(C)(C)C)c1OCCOCCOCCOC(C)(C)C.[Mn]. The zero-order valence-corrected chi connectivity index (χ0v) is 84.5. The molecule has 777 valence electrons. The number of carboxylic acid groups (broad SMARTS) is 3. The molecule has 3 aromatic carbocycles. The van der Waals surface area contributed by atoms with Crippen molar-refractivity contribution in [1.29, 1.82) is 0 Å². The van der Waals surface area contributed by atoms with Crippen molar-refractivity contribution in [2.45, 2.75) is 178 Å². The molecule has 1 radical (unpaired) electrons. The van der Waals surface area contributed by atoms with E-state index < -0.39 is 62.6 Å². The van der Waals surface area contributed by atoms with E-state index in [-0.39, 0.29) is 261 Å². The molecule has 1 heterocycles. The smallest absolute Gasteiger partial charge is 0.320 e. The van der Waals surface area contributed by atoms with Crippen LogP contribution in [0.2, 0.25) is 0 Å². The second-order valence-corrected chi connectivity index (χ2v) is 36.4. The van der Waals surface area contributed by atoms with Gasteiger partial charge in [-0.25, -0.2) is 0 Å². The van der Waals surface area contributed by atoms with Gasteiger partial charge < -0.3 is 158 Å². The minimum absolute atomic E-state index is 0. The summed E-state index contributed by atoms with van der Waals surface area (Å²) in [4.78, 5) is 66.2. The first kappa shape index (κ1) is 122. The normalized spacial score (nSPS) is 13.1. The van der Waals surface area contributed by atoms with Crippen LogP contribution in [0.3, 0.4) is 0 Å². The molecular formula is C95H158MnN3O36-. The minimum Gasteiger partial charge on any atom is -0.617 e. The first-order chi connectivity index (χ1) is 63.6. The van der Waals surface area contributed by atoms with Crippen LogP contribution < -0.4 is 37.9 Å². The van der Waals surface area contributed by atoms with Gasteiger partial charge >= 0.3 is 23.9 Å². The molecular weight excluding hydrogens is 1810 g/mol. The van der Waals surface area contributed by atoms with Gasteiger partial charge in [0.05, 0.1) is 265 Å². The van der Waals surface area contributed by atoms with Gasteiger partial charge in [0.1, 0.15) is 71.0 Å². The van der Waals surface area contributed by atoms with Crippen molar-refractivity contribution in [2.75, 3.05) is 290 Å². The Bertz CT molecular complexity index is 3370. The van der Waals surface area contributed by atoms with Gasteiger partial charge in [0.2, 0.25) is 11.5 Å². The third-order valence-corrected chi connectivity index (χ3v) is 17.4. The van der Waals surface area contributed by atoms with E-state index in [9.17, 15) is 39.3 Å². The number of hydrogen-bond donors (Lipinski definition) is 3. The van der Waals surface area contributed by atoms with Crippen molar-refractivity contribution in [2.24, 2.45) is 0 Å². The van der Waals surface area contributed by atoms with Gasteiger partial charge in [0.15, 0.2) is 23.0 Å². The molecule has 0 saturated carbocycles. The molecule has 1 fully saturated rings. The van der Waals surface area contributed by atoms with Gasteiger partial charge in [-0.05, 0) is 184 Å². The van der Waals surface area contributed by atoms with Gasteiger partial charge in [0, 0.05) is 29.7 Å². The van der Waals surface area contributed by atoms with Crippen LogP contribution in [0.15, 0.2) is 42.5 Å². The molecule has 0 spiro atoms. The van der Waals surface area contributed by atoms with Crippen molar-refractivity contribution < 1.29 is 189 Å². The molecule has 40 heteroatoms. The molecule has 3 N–H and O–H groups in total. The van der Waals surface area contributed by atoms with Crippen LogP contribution >= 0.6 is 0 Å². The Morgan fingerprint density at radius 1 is 0.319 bits per heavy atom. The quantitative estimate of drug-likeness (QED) is 0.0205. The zero-order chi connectivity index (χ0) is 98.5. The van der Waals surface area contributed by atoms with Crippen molar-refractivity contribution in [3.05, 3.63) is 65.4 Å². The van der Waals surface area contributed by atoms with E-state index in [0.717, 1.165) is 4.90 Å². The molecule has 1 saturated heterocycles. The van der Waals surface area contributed by atoms with E-state index in [2.05, 4.69) is 0 Å². The summed E-state index contributed by atoms with van der Waals surface area (Å²) in [6, 6.07) is 11.9. The Hall–Kier alpha value is -6.91. The third kappa shape index (κ3) is 66.4. The molecule has 0 aliphatic carbocycles. The first-order valence-electron chi connectivity index (χ1n) is 45.9. The third-order valence-electron chi connectivity index (χ3n) is 17.4. The number of aliphatic carboxylic acids is 3. The number of esters is 2. The fraction of sp³-hybridized carbons (Fsp3) is 0.747. The molecule has 0 aromatic heterocycles. The molecule has 0 unspecified atom stereocenters. The monoisotopic (exact) mass is 1970 g/mol. The number of cyclic esters (lactones) is 1. The maximum absolute atomic E-state index is 14.1. The van der Waals surface area contributed by atoms with Gasteiger partial charge in [0.25, 0.3) is 5.97 Å². The predicted molar refractivity (Wildman–Crippen MR) is 492 cm³/mol.